The van der Waals surface area contributed by atoms with Gasteiger partial charge in [-0.15, -0.1) is 0 Å². The van der Waals surface area contributed by atoms with Gasteiger partial charge in [-0.3, -0.25) is 4.57 Å². The van der Waals surface area contributed by atoms with Crippen LogP contribution in [-0.4, -0.2) is 56.0 Å². The Kier molecular flexibility index (Phi) is 7.79. The molecule has 1 saturated carbocycles. The number of aromatic nitrogens is 4. The smallest absolute Gasteiger partial charge is 0.335 e. The average molecular weight is 578 g/mol. The van der Waals surface area contributed by atoms with Crippen LogP contribution in [0.4, 0.5) is 18.0 Å². The van der Waals surface area contributed by atoms with E-state index in [1.165, 1.54) is 23.0 Å². The highest BCUT2D eigenvalue weighted by Gasteiger charge is 2.33. The first-order valence-corrected chi connectivity index (χ1v) is 13.5. The van der Waals surface area contributed by atoms with Crippen LogP contribution in [0.25, 0.3) is 22.8 Å². The van der Waals surface area contributed by atoms with Gasteiger partial charge in [-0.05, 0) is 95.2 Å². The third-order valence-electron chi connectivity index (χ3n) is 7.80. The number of carbonyl (C=O) groups is 1. The van der Waals surface area contributed by atoms with Gasteiger partial charge in [-0.1, -0.05) is 6.07 Å². The number of hydrogen-bond donors (Lipinski definition) is 1. The van der Waals surface area contributed by atoms with Gasteiger partial charge >= 0.3 is 17.9 Å². The lowest BCUT2D eigenvalue weighted by molar-refractivity contribution is -0.137. The van der Waals surface area contributed by atoms with E-state index in [1.807, 2.05) is 14.1 Å². The number of nitrogens with zero attached hydrogens (tertiary/aromatic N) is 6. The highest BCUT2D eigenvalue weighted by atomic mass is 19.4. The Morgan fingerprint density at radius 1 is 1.05 bits per heavy atom. The van der Waals surface area contributed by atoms with Gasteiger partial charge in [-0.25, -0.2) is 18.8 Å². The quantitative estimate of drug-likeness (QED) is 0.355. The number of carbonyl (C=O) groups excluding carboxylic acids is 1. The molecule has 2 heterocycles. The monoisotopic (exact) mass is 577 g/mol. The predicted molar refractivity (Wildman–Crippen MR) is 151 cm³/mol. The third kappa shape index (κ3) is 5.47. The fourth-order valence-electron chi connectivity index (χ4n) is 5.56. The van der Waals surface area contributed by atoms with Gasteiger partial charge < -0.3 is 10.2 Å². The minimum absolute atomic E-state index is 0.0175. The van der Waals surface area contributed by atoms with Crippen molar-refractivity contribution < 1.29 is 18.0 Å². The molecule has 2 aromatic heterocycles. The van der Waals surface area contributed by atoms with E-state index in [4.69, 9.17) is 0 Å². The number of nitriles is 1. The van der Waals surface area contributed by atoms with E-state index in [0.29, 0.717) is 23.0 Å². The van der Waals surface area contributed by atoms with Crippen molar-refractivity contribution in [3.8, 4) is 28.8 Å². The number of amides is 1. The molecule has 5 rings (SSSR count). The van der Waals surface area contributed by atoms with E-state index in [0.717, 1.165) is 47.0 Å². The van der Waals surface area contributed by atoms with Crippen LogP contribution in [0.2, 0.25) is 0 Å². The maximum Gasteiger partial charge on any atom is 0.416 e. The molecule has 0 radical (unpaired) electrons. The summed E-state index contributed by atoms with van der Waals surface area (Å²) < 4.78 is 44.3. The number of halogens is 3. The van der Waals surface area contributed by atoms with Crippen LogP contribution in [0.3, 0.4) is 0 Å². The molecule has 0 saturated heterocycles. The van der Waals surface area contributed by atoms with Crippen molar-refractivity contribution in [3.63, 3.8) is 0 Å². The first-order valence-electron chi connectivity index (χ1n) is 13.5. The third-order valence-corrected chi connectivity index (χ3v) is 7.80. The Hall–Kier alpha value is -4.63. The summed E-state index contributed by atoms with van der Waals surface area (Å²) in [5, 5.41) is 16.6. The fourth-order valence-corrected chi connectivity index (χ4v) is 5.56. The van der Waals surface area contributed by atoms with Gasteiger partial charge in [-0.2, -0.15) is 23.5 Å². The molecule has 42 heavy (non-hydrogen) atoms. The molecule has 218 valence electrons. The lowest BCUT2D eigenvalue weighted by atomic mass is 9.90. The average Bonchev–Trinajstić information content (AvgIpc) is 3.54. The Morgan fingerprint density at radius 3 is 2.36 bits per heavy atom. The van der Waals surface area contributed by atoms with Gasteiger partial charge in [0.05, 0.1) is 46.2 Å². The van der Waals surface area contributed by atoms with Crippen LogP contribution in [-0.2, 0) is 6.18 Å². The zero-order valence-corrected chi connectivity index (χ0v) is 23.4. The SMILES string of the molecule is Cc1c(-c2ccnn2-c2ccc(C#N)cc2)n(C(=O)NC2CCC(N(C)C)CC2)c(=O)n1-c1cccc(C(F)(F)F)c1. The van der Waals surface area contributed by atoms with Crippen LogP contribution in [0.5, 0.6) is 0 Å². The summed E-state index contributed by atoms with van der Waals surface area (Å²) in [7, 11) is 4.04. The molecule has 9 nitrogen and oxygen atoms in total. The molecule has 12 heteroatoms. The van der Waals surface area contributed by atoms with Crippen LogP contribution in [0.15, 0.2) is 65.6 Å². The molecule has 0 atom stereocenters. The van der Waals surface area contributed by atoms with Crippen molar-refractivity contribution in [1.82, 2.24) is 29.1 Å². The van der Waals surface area contributed by atoms with Crippen molar-refractivity contribution >= 4 is 6.03 Å². The molecule has 4 aromatic rings. The van der Waals surface area contributed by atoms with Crippen molar-refractivity contribution in [3.05, 3.63) is 88.1 Å². The lowest BCUT2D eigenvalue weighted by Gasteiger charge is -2.32. The minimum atomic E-state index is -4.62. The molecule has 1 N–H and O–H groups in total. The molecule has 2 aromatic carbocycles. The molecular formula is C30H30F3N7O2. The van der Waals surface area contributed by atoms with Crippen molar-refractivity contribution in [1.29, 1.82) is 5.26 Å². The first-order chi connectivity index (χ1) is 20.0. The Labute approximate surface area is 240 Å². The van der Waals surface area contributed by atoms with Crippen LogP contribution >= 0.6 is 0 Å². The first kappa shape index (κ1) is 28.9. The molecule has 0 spiro atoms. The fraction of sp³-hybridized carbons (Fsp3) is 0.333. The van der Waals surface area contributed by atoms with Crippen LogP contribution in [0.1, 0.15) is 42.5 Å². The second-order valence-electron chi connectivity index (χ2n) is 10.6. The number of hydrogen-bond acceptors (Lipinski definition) is 5. The van der Waals surface area contributed by atoms with E-state index in [-0.39, 0.29) is 23.1 Å². The van der Waals surface area contributed by atoms with Gasteiger partial charge in [0.2, 0.25) is 0 Å². The topological polar surface area (TPSA) is 101 Å². The summed E-state index contributed by atoms with van der Waals surface area (Å²) in [6, 6.07) is 14.3. The van der Waals surface area contributed by atoms with Gasteiger partial charge in [0.15, 0.2) is 0 Å². The zero-order chi connectivity index (χ0) is 30.2. The summed E-state index contributed by atoms with van der Waals surface area (Å²) in [5.41, 5.74) is 0.128. The molecule has 1 aliphatic rings. The normalized spacial score (nSPS) is 17.3. The Bertz CT molecular complexity index is 1700. The highest BCUT2D eigenvalue weighted by Crippen LogP contribution is 2.32. The molecule has 1 fully saturated rings. The molecular weight excluding hydrogens is 547 g/mol. The predicted octanol–water partition coefficient (Wildman–Crippen LogP) is 5.12. The number of alkyl halides is 3. The number of nitrogens with one attached hydrogen (secondary N) is 1. The summed E-state index contributed by atoms with van der Waals surface area (Å²) >= 11 is 0. The number of benzene rings is 2. The zero-order valence-electron chi connectivity index (χ0n) is 23.4. The van der Waals surface area contributed by atoms with Crippen LogP contribution in [0, 0.1) is 18.3 Å². The molecule has 0 bridgehead atoms. The highest BCUT2D eigenvalue weighted by molar-refractivity contribution is 5.83. The molecule has 1 amide bonds. The van der Waals surface area contributed by atoms with Crippen molar-refractivity contribution in [2.75, 3.05) is 14.1 Å². The minimum Gasteiger partial charge on any atom is -0.335 e. The summed E-state index contributed by atoms with van der Waals surface area (Å²) in [6.07, 6.45) is 0.120. The van der Waals surface area contributed by atoms with E-state index >= 15 is 0 Å². The summed E-state index contributed by atoms with van der Waals surface area (Å²) in [5.74, 6) is 0. The van der Waals surface area contributed by atoms with E-state index in [9.17, 15) is 28.0 Å². The molecule has 1 aliphatic carbocycles. The van der Waals surface area contributed by atoms with E-state index in [1.54, 1.807) is 37.3 Å². The summed E-state index contributed by atoms with van der Waals surface area (Å²) in [4.78, 5) is 29.9. The van der Waals surface area contributed by atoms with Gasteiger partial charge in [0.1, 0.15) is 5.69 Å². The van der Waals surface area contributed by atoms with Crippen molar-refractivity contribution in [2.45, 2.75) is 50.9 Å². The Balaban J connectivity index is 1.63. The largest absolute Gasteiger partial charge is 0.416 e. The summed E-state index contributed by atoms with van der Waals surface area (Å²) in [6.45, 7) is 1.58. The maximum atomic E-state index is 13.9. The second-order valence-corrected chi connectivity index (χ2v) is 10.6. The lowest BCUT2D eigenvalue weighted by Crippen LogP contribution is -2.45. The van der Waals surface area contributed by atoms with Crippen molar-refractivity contribution in [2.24, 2.45) is 0 Å². The van der Waals surface area contributed by atoms with E-state index < -0.39 is 23.5 Å². The number of rotatable bonds is 5. The van der Waals surface area contributed by atoms with Gasteiger partial charge in [0, 0.05) is 12.1 Å². The second kappa shape index (κ2) is 11.3. The number of imidazole rings is 1. The molecule has 0 aliphatic heterocycles. The standard InChI is InChI=1S/C30H30F3N7O2/c1-19-27(26-15-16-35-40(26)24-11-7-20(18-34)8-12-24)39(28(41)36-22-9-13-23(14-10-22)37(2)3)29(42)38(19)25-6-4-5-21(17-25)30(31,32)33/h4-8,11-12,15-17,22-23H,9-10,13-14H2,1-3H3,(H,36,41). The maximum absolute atomic E-state index is 13.9. The Morgan fingerprint density at radius 2 is 1.74 bits per heavy atom. The van der Waals surface area contributed by atoms with Gasteiger partial charge in [0.25, 0.3) is 0 Å². The van der Waals surface area contributed by atoms with E-state index in [2.05, 4.69) is 21.4 Å². The van der Waals surface area contributed by atoms with Crippen LogP contribution < -0.4 is 11.0 Å². The molecule has 0 unspecified atom stereocenters.